The molecule has 1 aromatic carbocycles. The first-order valence-corrected chi connectivity index (χ1v) is 7.38. The van der Waals surface area contributed by atoms with Crippen LogP contribution >= 0.6 is 33.9 Å². The van der Waals surface area contributed by atoms with Gasteiger partial charge in [-0.25, -0.2) is 0 Å². The molecule has 1 aromatic heterocycles. The fraction of sp³-hybridized carbons (Fsp3) is 0.154. The van der Waals surface area contributed by atoms with Crippen LogP contribution in [0.5, 0.6) is 0 Å². The molecule has 2 rings (SSSR count). The summed E-state index contributed by atoms with van der Waals surface area (Å²) in [6.07, 6.45) is -0.643. The second kappa shape index (κ2) is 6.31. The van der Waals surface area contributed by atoms with Crippen LogP contribution in [0.4, 0.5) is 0 Å². The molecule has 0 fully saturated rings. The first kappa shape index (κ1) is 13.5. The fourth-order valence-electron chi connectivity index (χ4n) is 1.51. The van der Waals surface area contributed by atoms with E-state index in [1.165, 1.54) is 11.3 Å². The molecule has 5 heteroatoms. The number of thiophene rings is 1. The monoisotopic (exact) mass is 373 g/mol. The predicted octanol–water partition coefficient (Wildman–Crippen LogP) is 2.82. The van der Waals surface area contributed by atoms with Crippen molar-refractivity contribution in [3.63, 3.8) is 0 Å². The topological polar surface area (TPSA) is 49.3 Å². The Balaban J connectivity index is 1.95. The lowest BCUT2D eigenvalue weighted by Gasteiger charge is -2.10. The van der Waals surface area contributed by atoms with Crippen molar-refractivity contribution in [2.24, 2.45) is 0 Å². The highest BCUT2D eigenvalue weighted by atomic mass is 127. The van der Waals surface area contributed by atoms with Gasteiger partial charge in [-0.3, -0.25) is 4.79 Å². The molecule has 2 N–H and O–H groups in total. The molecule has 1 amide bonds. The summed E-state index contributed by atoms with van der Waals surface area (Å²) in [5.74, 6) is -0.157. The number of aliphatic hydroxyl groups excluding tert-OH is 1. The van der Waals surface area contributed by atoms with E-state index in [-0.39, 0.29) is 12.5 Å². The molecule has 18 heavy (non-hydrogen) atoms. The van der Waals surface area contributed by atoms with Crippen LogP contribution in [0.25, 0.3) is 0 Å². The average molecular weight is 373 g/mol. The summed E-state index contributed by atoms with van der Waals surface area (Å²) in [5.41, 5.74) is 0.636. The minimum absolute atomic E-state index is 0.157. The van der Waals surface area contributed by atoms with Crippen LogP contribution in [0.3, 0.4) is 0 Å². The van der Waals surface area contributed by atoms with Crippen LogP contribution in [0.2, 0.25) is 0 Å². The largest absolute Gasteiger partial charge is 0.386 e. The Morgan fingerprint density at radius 3 is 2.78 bits per heavy atom. The molecule has 2 aromatic rings. The summed E-state index contributed by atoms with van der Waals surface area (Å²) in [4.78, 5) is 12.8. The Kier molecular flexibility index (Phi) is 4.73. The van der Waals surface area contributed by atoms with E-state index in [2.05, 4.69) is 27.9 Å². The third-order valence-corrected chi connectivity index (χ3v) is 4.36. The zero-order valence-corrected chi connectivity index (χ0v) is 12.4. The van der Waals surface area contributed by atoms with Crippen molar-refractivity contribution in [3.05, 3.63) is 55.8 Å². The maximum absolute atomic E-state index is 11.9. The van der Waals surface area contributed by atoms with Crippen molar-refractivity contribution < 1.29 is 9.90 Å². The Morgan fingerprint density at radius 2 is 2.11 bits per heavy atom. The highest BCUT2D eigenvalue weighted by Crippen LogP contribution is 2.18. The SMILES string of the molecule is O=C(NCC(O)c1cccs1)c1ccccc1I. The molecule has 94 valence electrons. The highest BCUT2D eigenvalue weighted by Gasteiger charge is 2.12. The lowest BCUT2D eigenvalue weighted by Crippen LogP contribution is -2.28. The molecule has 0 aliphatic carbocycles. The average Bonchev–Trinajstić information content (AvgIpc) is 2.90. The lowest BCUT2D eigenvalue weighted by atomic mass is 10.2. The number of halogens is 1. The van der Waals surface area contributed by atoms with Crippen molar-refractivity contribution >= 4 is 39.8 Å². The highest BCUT2D eigenvalue weighted by molar-refractivity contribution is 14.1. The summed E-state index contributed by atoms with van der Waals surface area (Å²) in [6.45, 7) is 0.227. The number of benzene rings is 1. The number of amides is 1. The number of carbonyl (C=O) groups excluding carboxylic acids is 1. The van der Waals surface area contributed by atoms with Crippen LogP contribution in [-0.2, 0) is 0 Å². The van der Waals surface area contributed by atoms with E-state index in [9.17, 15) is 9.90 Å². The van der Waals surface area contributed by atoms with E-state index in [1.54, 1.807) is 6.07 Å². The number of carbonyl (C=O) groups is 1. The molecule has 0 aliphatic rings. The first-order chi connectivity index (χ1) is 8.68. The molecule has 1 unspecified atom stereocenters. The zero-order valence-electron chi connectivity index (χ0n) is 9.47. The van der Waals surface area contributed by atoms with Crippen molar-refractivity contribution in [2.75, 3.05) is 6.54 Å². The smallest absolute Gasteiger partial charge is 0.252 e. The summed E-state index contributed by atoms with van der Waals surface area (Å²) in [7, 11) is 0. The second-order valence-electron chi connectivity index (χ2n) is 3.72. The van der Waals surface area contributed by atoms with Crippen LogP contribution in [-0.4, -0.2) is 17.6 Å². The third-order valence-electron chi connectivity index (χ3n) is 2.45. The second-order valence-corrected chi connectivity index (χ2v) is 5.86. The van der Waals surface area contributed by atoms with Crippen molar-refractivity contribution in [3.8, 4) is 0 Å². The zero-order chi connectivity index (χ0) is 13.0. The first-order valence-electron chi connectivity index (χ1n) is 5.42. The number of aliphatic hydroxyl groups is 1. The van der Waals surface area contributed by atoms with Crippen LogP contribution < -0.4 is 5.32 Å². The van der Waals surface area contributed by atoms with Gasteiger partial charge in [0.25, 0.3) is 5.91 Å². The van der Waals surface area contributed by atoms with Gasteiger partial charge in [0.05, 0.1) is 5.56 Å². The Bertz CT molecular complexity index is 528. The molecule has 0 saturated carbocycles. The van der Waals surface area contributed by atoms with E-state index < -0.39 is 6.10 Å². The quantitative estimate of drug-likeness (QED) is 0.810. The summed E-state index contributed by atoms with van der Waals surface area (Å²) in [5, 5.41) is 14.5. The van der Waals surface area contributed by atoms with Gasteiger partial charge in [-0.15, -0.1) is 11.3 Å². The number of nitrogens with one attached hydrogen (secondary N) is 1. The van der Waals surface area contributed by atoms with Crippen LogP contribution in [0.15, 0.2) is 41.8 Å². The summed E-state index contributed by atoms with van der Waals surface area (Å²) >= 11 is 3.60. The standard InChI is InChI=1S/C13H12INO2S/c14-10-5-2-1-4-9(10)13(17)15-8-11(16)12-6-3-7-18-12/h1-7,11,16H,8H2,(H,15,17). The lowest BCUT2D eigenvalue weighted by molar-refractivity contribution is 0.0917. The van der Waals surface area contributed by atoms with E-state index in [0.717, 1.165) is 8.45 Å². The van der Waals surface area contributed by atoms with Gasteiger partial charge in [-0.05, 0) is 46.2 Å². The van der Waals surface area contributed by atoms with Gasteiger partial charge in [0, 0.05) is 15.0 Å². The molecule has 0 radical (unpaired) electrons. The van der Waals surface area contributed by atoms with E-state index in [0.29, 0.717) is 5.56 Å². The molecular weight excluding hydrogens is 361 g/mol. The third kappa shape index (κ3) is 3.30. The van der Waals surface area contributed by atoms with Gasteiger partial charge in [0.2, 0.25) is 0 Å². The fourth-order valence-corrected chi connectivity index (χ4v) is 2.86. The molecule has 0 bridgehead atoms. The van der Waals surface area contributed by atoms with Crippen LogP contribution in [0, 0.1) is 3.57 Å². The van der Waals surface area contributed by atoms with Gasteiger partial charge < -0.3 is 10.4 Å². The van der Waals surface area contributed by atoms with Gasteiger partial charge in [-0.1, -0.05) is 18.2 Å². The maximum Gasteiger partial charge on any atom is 0.252 e. The van der Waals surface area contributed by atoms with Gasteiger partial charge >= 0.3 is 0 Å². The predicted molar refractivity (Wildman–Crippen MR) is 80.8 cm³/mol. The minimum Gasteiger partial charge on any atom is -0.386 e. The minimum atomic E-state index is -0.643. The van der Waals surface area contributed by atoms with Crippen molar-refractivity contribution in [1.82, 2.24) is 5.32 Å². The summed E-state index contributed by atoms with van der Waals surface area (Å²) < 4.78 is 0.901. The van der Waals surface area contributed by atoms with E-state index in [4.69, 9.17) is 0 Å². The van der Waals surface area contributed by atoms with Gasteiger partial charge in [0.1, 0.15) is 6.10 Å². The Morgan fingerprint density at radius 1 is 1.33 bits per heavy atom. The van der Waals surface area contributed by atoms with E-state index >= 15 is 0 Å². The van der Waals surface area contributed by atoms with Crippen molar-refractivity contribution in [1.29, 1.82) is 0 Å². The Labute approximate surface area is 123 Å². The molecule has 3 nitrogen and oxygen atoms in total. The normalized spacial score (nSPS) is 12.1. The maximum atomic E-state index is 11.9. The molecule has 0 saturated heterocycles. The summed E-state index contributed by atoms with van der Waals surface area (Å²) in [6, 6.07) is 11.1. The molecular formula is C13H12INO2S. The molecule has 0 aliphatic heterocycles. The van der Waals surface area contributed by atoms with Crippen molar-refractivity contribution in [2.45, 2.75) is 6.10 Å². The molecule has 0 spiro atoms. The number of hydrogen-bond donors (Lipinski definition) is 2. The number of rotatable bonds is 4. The molecule has 1 atom stereocenters. The van der Waals surface area contributed by atoms with Crippen LogP contribution in [0.1, 0.15) is 21.3 Å². The Hall–Kier alpha value is -0.920. The van der Waals surface area contributed by atoms with Gasteiger partial charge in [0.15, 0.2) is 0 Å². The number of hydrogen-bond acceptors (Lipinski definition) is 3. The molecule has 1 heterocycles. The van der Waals surface area contributed by atoms with E-state index in [1.807, 2.05) is 35.7 Å². The van der Waals surface area contributed by atoms with Gasteiger partial charge in [-0.2, -0.15) is 0 Å².